The van der Waals surface area contributed by atoms with Crippen LogP contribution in [0.1, 0.15) is 5.56 Å². The van der Waals surface area contributed by atoms with Gasteiger partial charge in [0.2, 0.25) is 0 Å². The fourth-order valence-corrected chi connectivity index (χ4v) is 1.89. The zero-order valence-electron chi connectivity index (χ0n) is 10.3. The summed E-state index contributed by atoms with van der Waals surface area (Å²) in [6.07, 6.45) is 0. The molecule has 1 aromatic carbocycles. The molecule has 6 heteroatoms. The van der Waals surface area contributed by atoms with Crippen molar-refractivity contribution in [1.29, 1.82) is 0 Å². The van der Waals surface area contributed by atoms with E-state index >= 15 is 0 Å². The minimum absolute atomic E-state index is 0.129. The normalized spacial score (nSPS) is 15.4. The molecule has 6 nitrogen and oxygen atoms in total. The first-order valence-corrected chi connectivity index (χ1v) is 5.50. The molecule has 2 N–H and O–H groups in total. The monoisotopic (exact) mass is 249 g/mol. The van der Waals surface area contributed by atoms with E-state index in [1.165, 1.54) is 16.9 Å². The van der Waals surface area contributed by atoms with Gasteiger partial charge in [0.15, 0.2) is 0 Å². The molecule has 0 spiro atoms. The SMILES string of the molecule is COc1ccc(CN2C(=O)CN(C)C2=O)cc1N. The molecular weight excluding hydrogens is 234 g/mol. The molecule has 18 heavy (non-hydrogen) atoms. The average Bonchev–Trinajstić information content (AvgIpc) is 2.56. The van der Waals surface area contributed by atoms with Crippen molar-refractivity contribution in [3.63, 3.8) is 0 Å². The number of amides is 3. The fourth-order valence-electron chi connectivity index (χ4n) is 1.89. The van der Waals surface area contributed by atoms with Gasteiger partial charge in [-0.25, -0.2) is 4.79 Å². The van der Waals surface area contributed by atoms with E-state index in [-0.39, 0.29) is 25.0 Å². The largest absolute Gasteiger partial charge is 0.495 e. The predicted octanol–water partition coefficient (Wildman–Crippen LogP) is 0.671. The maximum Gasteiger partial charge on any atom is 0.327 e. The van der Waals surface area contributed by atoms with Crippen LogP contribution in [0.25, 0.3) is 0 Å². The van der Waals surface area contributed by atoms with E-state index in [1.54, 1.807) is 25.2 Å². The number of ether oxygens (including phenoxy) is 1. The maximum absolute atomic E-state index is 11.7. The van der Waals surface area contributed by atoms with Crippen LogP contribution in [0, 0.1) is 0 Å². The lowest BCUT2D eigenvalue weighted by Crippen LogP contribution is -2.31. The Balaban J connectivity index is 2.17. The zero-order valence-corrected chi connectivity index (χ0v) is 10.3. The van der Waals surface area contributed by atoms with Crippen LogP contribution in [0.5, 0.6) is 5.75 Å². The molecular formula is C12H15N3O3. The highest BCUT2D eigenvalue weighted by Gasteiger charge is 2.33. The number of methoxy groups -OCH3 is 1. The number of nitrogen functional groups attached to an aromatic ring is 1. The Morgan fingerprint density at radius 2 is 2.11 bits per heavy atom. The summed E-state index contributed by atoms with van der Waals surface area (Å²) in [5.74, 6) is 0.381. The van der Waals surface area contributed by atoms with Gasteiger partial charge in [-0.3, -0.25) is 9.69 Å². The summed E-state index contributed by atoms with van der Waals surface area (Å²) in [4.78, 5) is 25.9. The number of hydrogen-bond donors (Lipinski definition) is 1. The van der Waals surface area contributed by atoms with Gasteiger partial charge < -0.3 is 15.4 Å². The lowest BCUT2D eigenvalue weighted by Gasteiger charge is -2.15. The third-order valence-electron chi connectivity index (χ3n) is 2.87. The van der Waals surface area contributed by atoms with Gasteiger partial charge >= 0.3 is 6.03 Å². The van der Waals surface area contributed by atoms with E-state index in [0.717, 1.165) is 5.56 Å². The first kappa shape index (κ1) is 12.2. The second-order valence-electron chi connectivity index (χ2n) is 4.19. The highest BCUT2D eigenvalue weighted by atomic mass is 16.5. The molecule has 1 fully saturated rings. The highest BCUT2D eigenvalue weighted by Crippen LogP contribution is 2.23. The molecule has 1 saturated heterocycles. The van der Waals surface area contributed by atoms with Crippen molar-refractivity contribution in [3.8, 4) is 5.75 Å². The lowest BCUT2D eigenvalue weighted by molar-refractivity contribution is -0.125. The molecule has 0 radical (unpaired) electrons. The molecule has 0 bridgehead atoms. The third-order valence-corrected chi connectivity index (χ3v) is 2.87. The van der Waals surface area contributed by atoms with Gasteiger partial charge in [-0.05, 0) is 17.7 Å². The van der Waals surface area contributed by atoms with E-state index in [2.05, 4.69) is 0 Å². The maximum atomic E-state index is 11.7. The van der Waals surface area contributed by atoms with E-state index in [4.69, 9.17) is 10.5 Å². The molecule has 3 amide bonds. The van der Waals surface area contributed by atoms with Gasteiger partial charge in [0, 0.05) is 7.05 Å². The predicted molar refractivity (Wildman–Crippen MR) is 66.0 cm³/mol. The summed E-state index contributed by atoms with van der Waals surface area (Å²) in [6.45, 7) is 0.362. The summed E-state index contributed by atoms with van der Waals surface area (Å²) in [5, 5.41) is 0. The molecule has 2 rings (SSSR count). The number of carbonyl (C=O) groups excluding carboxylic acids is 2. The van der Waals surface area contributed by atoms with Crippen molar-refractivity contribution < 1.29 is 14.3 Å². The lowest BCUT2D eigenvalue weighted by atomic mass is 10.2. The van der Waals surface area contributed by atoms with E-state index < -0.39 is 0 Å². The smallest absolute Gasteiger partial charge is 0.327 e. The molecule has 0 aromatic heterocycles. The van der Waals surface area contributed by atoms with Crippen LogP contribution in [0.4, 0.5) is 10.5 Å². The summed E-state index contributed by atoms with van der Waals surface area (Å²) in [7, 11) is 3.14. The zero-order chi connectivity index (χ0) is 13.3. The number of carbonyl (C=O) groups is 2. The summed E-state index contributed by atoms with van der Waals surface area (Å²) in [6, 6.07) is 4.93. The Kier molecular flexibility index (Phi) is 3.10. The number of urea groups is 1. The third kappa shape index (κ3) is 2.09. The van der Waals surface area contributed by atoms with Gasteiger partial charge in [-0.1, -0.05) is 6.07 Å². The molecule has 0 unspecified atom stereocenters. The Hall–Kier alpha value is -2.24. The number of imide groups is 1. The number of benzene rings is 1. The number of hydrogen-bond acceptors (Lipinski definition) is 4. The van der Waals surface area contributed by atoms with Crippen LogP contribution in [-0.2, 0) is 11.3 Å². The van der Waals surface area contributed by atoms with Crippen molar-refractivity contribution in [1.82, 2.24) is 9.80 Å². The Bertz CT molecular complexity index is 501. The van der Waals surface area contributed by atoms with Crippen LogP contribution in [0.2, 0.25) is 0 Å². The van der Waals surface area contributed by atoms with Crippen molar-refractivity contribution in [2.45, 2.75) is 6.54 Å². The summed E-state index contributed by atoms with van der Waals surface area (Å²) < 4.78 is 5.05. The van der Waals surface area contributed by atoms with Crippen molar-refractivity contribution >= 4 is 17.6 Å². The van der Waals surface area contributed by atoms with Gasteiger partial charge in [0.25, 0.3) is 5.91 Å². The number of likely N-dealkylation sites (N-methyl/N-ethyl adjacent to an activating group) is 1. The van der Waals surface area contributed by atoms with Crippen molar-refractivity contribution in [2.75, 3.05) is 26.4 Å². The molecule has 0 saturated carbocycles. The van der Waals surface area contributed by atoms with Crippen LogP contribution in [0.3, 0.4) is 0 Å². The molecule has 1 heterocycles. The van der Waals surface area contributed by atoms with Gasteiger partial charge in [-0.2, -0.15) is 0 Å². The second-order valence-corrected chi connectivity index (χ2v) is 4.19. The van der Waals surface area contributed by atoms with E-state index in [9.17, 15) is 9.59 Å². The summed E-state index contributed by atoms with van der Waals surface area (Å²) >= 11 is 0. The van der Waals surface area contributed by atoms with Gasteiger partial charge in [-0.15, -0.1) is 0 Å². The van der Waals surface area contributed by atoms with E-state index in [0.29, 0.717) is 11.4 Å². The topological polar surface area (TPSA) is 75.9 Å². The number of nitrogens with two attached hydrogens (primary N) is 1. The quantitative estimate of drug-likeness (QED) is 0.631. The molecule has 1 aliphatic rings. The fraction of sp³-hybridized carbons (Fsp3) is 0.333. The summed E-state index contributed by atoms with van der Waals surface area (Å²) in [5.41, 5.74) is 7.06. The molecule has 0 atom stereocenters. The average molecular weight is 249 g/mol. The number of anilines is 1. The molecule has 1 aromatic rings. The second kappa shape index (κ2) is 4.56. The Labute approximate surface area is 105 Å². The molecule has 1 aliphatic heterocycles. The first-order valence-electron chi connectivity index (χ1n) is 5.50. The van der Waals surface area contributed by atoms with Crippen molar-refractivity contribution in [3.05, 3.63) is 23.8 Å². The minimum atomic E-state index is -0.283. The highest BCUT2D eigenvalue weighted by molar-refractivity contribution is 6.01. The van der Waals surface area contributed by atoms with Crippen LogP contribution >= 0.6 is 0 Å². The van der Waals surface area contributed by atoms with Crippen LogP contribution in [-0.4, -0.2) is 42.4 Å². The van der Waals surface area contributed by atoms with Gasteiger partial charge in [0.05, 0.1) is 19.3 Å². The Morgan fingerprint density at radius 1 is 1.39 bits per heavy atom. The van der Waals surface area contributed by atoms with Crippen LogP contribution < -0.4 is 10.5 Å². The van der Waals surface area contributed by atoms with Crippen LogP contribution in [0.15, 0.2) is 18.2 Å². The first-order chi connectivity index (χ1) is 8.52. The van der Waals surface area contributed by atoms with Crippen molar-refractivity contribution in [2.24, 2.45) is 0 Å². The minimum Gasteiger partial charge on any atom is -0.495 e. The van der Waals surface area contributed by atoms with E-state index in [1.807, 2.05) is 0 Å². The standard InChI is InChI=1S/C12H15N3O3/c1-14-7-11(16)15(12(14)17)6-8-3-4-10(18-2)9(13)5-8/h3-5H,6-7,13H2,1-2H3. The molecule has 96 valence electrons. The number of nitrogens with zero attached hydrogens (tertiary/aromatic N) is 2. The molecule has 0 aliphatic carbocycles. The van der Waals surface area contributed by atoms with Gasteiger partial charge in [0.1, 0.15) is 12.3 Å². The number of rotatable bonds is 3. The Morgan fingerprint density at radius 3 is 2.61 bits per heavy atom.